The van der Waals surface area contributed by atoms with Crippen LogP contribution < -0.4 is 10.6 Å². The third-order valence-electron chi connectivity index (χ3n) is 4.15. The molecular weight excluding hydrogens is 342 g/mol. The van der Waals surface area contributed by atoms with Gasteiger partial charge in [-0.3, -0.25) is 14.9 Å². The van der Waals surface area contributed by atoms with E-state index in [1.165, 1.54) is 12.1 Å². The highest BCUT2D eigenvalue weighted by atomic mass is 16.6. The molecule has 3 rings (SSSR count). The van der Waals surface area contributed by atoms with Crippen molar-refractivity contribution < 1.29 is 9.72 Å². The van der Waals surface area contributed by atoms with E-state index in [1.54, 1.807) is 24.3 Å². The zero-order valence-corrected chi connectivity index (χ0v) is 14.8. The van der Waals surface area contributed by atoms with E-state index in [4.69, 9.17) is 0 Å². The SMILES string of the molecule is Cc1cc(NCc2ccc([N+](=O)[O-])cc2)ccc1NC(=O)c1ccccc1. The average Bonchev–Trinajstić information content (AvgIpc) is 2.69. The van der Waals surface area contributed by atoms with E-state index in [-0.39, 0.29) is 11.6 Å². The van der Waals surface area contributed by atoms with Crippen molar-refractivity contribution in [3.63, 3.8) is 0 Å². The Kier molecular flexibility index (Phi) is 5.47. The standard InChI is InChI=1S/C21H19N3O3/c1-15-13-18(22-14-16-7-10-19(11-8-16)24(26)27)9-12-20(15)23-21(25)17-5-3-2-4-6-17/h2-13,22H,14H2,1H3,(H,23,25). The molecule has 6 heteroatoms. The maximum absolute atomic E-state index is 12.3. The number of hydrogen-bond acceptors (Lipinski definition) is 4. The Morgan fingerprint density at radius 3 is 2.33 bits per heavy atom. The van der Waals surface area contributed by atoms with Crippen LogP contribution >= 0.6 is 0 Å². The second-order valence-corrected chi connectivity index (χ2v) is 6.13. The molecule has 0 saturated carbocycles. The van der Waals surface area contributed by atoms with Crippen LogP contribution in [-0.4, -0.2) is 10.8 Å². The van der Waals surface area contributed by atoms with Crippen LogP contribution in [0.5, 0.6) is 0 Å². The predicted octanol–water partition coefficient (Wildman–Crippen LogP) is 4.77. The fraction of sp³-hybridized carbons (Fsp3) is 0.0952. The summed E-state index contributed by atoms with van der Waals surface area (Å²) >= 11 is 0. The molecule has 0 spiro atoms. The van der Waals surface area contributed by atoms with E-state index in [9.17, 15) is 14.9 Å². The topological polar surface area (TPSA) is 84.3 Å². The maximum atomic E-state index is 12.3. The number of carbonyl (C=O) groups is 1. The molecule has 3 aromatic rings. The molecule has 6 nitrogen and oxygen atoms in total. The number of rotatable bonds is 6. The number of carbonyl (C=O) groups excluding carboxylic acids is 1. The van der Waals surface area contributed by atoms with Crippen molar-refractivity contribution in [3.8, 4) is 0 Å². The van der Waals surface area contributed by atoms with Crippen molar-refractivity contribution in [1.82, 2.24) is 0 Å². The van der Waals surface area contributed by atoms with Gasteiger partial charge in [-0.1, -0.05) is 30.3 Å². The highest BCUT2D eigenvalue weighted by Gasteiger charge is 2.08. The summed E-state index contributed by atoms with van der Waals surface area (Å²) in [5, 5.41) is 16.9. The number of anilines is 2. The minimum atomic E-state index is -0.414. The summed E-state index contributed by atoms with van der Waals surface area (Å²) in [5.74, 6) is -0.148. The number of nitrogens with zero attached hydrogens (tertiary/aromatic N) is 1. The molecule has 0 aliphatic heterocycles. The number of amides is 1. The quantitative estimate of drug-likeness (QED) is 0.489. The molecule has 0 fully saturated rings. The Labute approximate surface area is 157 Å². The van der Waals surface area contributed by atoms with Gasteiger partial charge in [-0.15, -0.1) is 0 Å². The second kappa shape index (κ2) is 8.14. The van der Waals surface area contributed by atoms with Gasteiger partial charge < -0.3 is 10.6 Å². The van der Waals surface area contributed by atoms with Crippen LogP contribution in [-0.2, 0) is 6.54 Å². The summed E-state index contributed by atoms with van der Waals surface area (Å²) in [6.07, 6.45) is 0. The zero-order valence-electron chi connectivity index (χ0n) is 14.8. The first kappa shape index (κ1) is 18.1. The summed E-state index contributed by atoms with van der Waals surface area (Å²) in [4.78, 5) is 22.5. The minimum absolute atomic E-state index is 0.0769. The Morgan fingerprint density at radius 1 is 1.00 bits per heavy atom. The Bertz CT molecular complexity index is 954. The van der Waals surface area contributed by atoms with Crippen molar-refractivity contribution in [3.05, 3.63) is 99.6 Å². The molecule has 0 atom stereocenters. The molecule has 136 valence electrons. The summed E-state index contributed by atoms with van der Waals surface area (Å²) < 4.78 is 0. The molecule has 0 aromatic heterocycles. The Hall–Kier alpha value is -3.67. The molecule has 1 amide bonds. The van der Waals surface area contributed by atoms with Crippen molar-refractivity contribution in [2.24, 2.45) is 0 Å². The molecule has 0 radical (unpaired) electrons. The van der Waals surface area contributed by atoms with Crippen LogP contribution in [0.25, 0.3) is 0 Å². The molecule has 0 aliphatic carbocycles. The van der Waals surface area contributed by atoms with E-state index in [0.717, 1.165) is 22.5 Å². The highest BCUT2D eigenvalue weighted by Crippen LogP contribution is 2.21. The average molecular weight is 361 g/mol. The number of benzene rings is 3. The van der Waals surface area contributed by atoms with Gasteiger partial charge in [0.05, 0.1) is 4.92 Å². The molecule has 2 N–H and O–H groups in total. The van der Waals surface area contributed by atoms with Crippen LogP contribution in [0.1, 0.15) is 21.5 Å². The number of nitrogens with one attached hydrogen (secondary N) is 2. The fourth-order valence-electron chi connectivity index (χ4n) is 2.64. The Morgan fingerprint density at radius 2 is 1.70 bits per heavy atom. The van der Waals surface area contributed by atoms with Crippen LogP contribution in [0.2, 0.25) is 0 Å². The molecule has 0 unspecified atom stereocenters. The highest BCUT2D eigenvalue weighted by molar-refractivity contribution is 6.04. The molecule has 0 saturated heterocycles. The summed E-state index contributed by atoms with van der Waals surface area (Å²) in [6.45, 7) is 2.48. The lowest BCUT2D eigenvalue weighted by Gasteiger charge is -2.12. The normalized spacial score (nSPS) is 10.3. The Balaban J connectivity index is 1.62. The van der Waals surface area contributed by atoms with Crippen molar-refractivity contribution in [1.29, 1.82) is 0 Å². The summed E-state index contributed by atoms with van der Waals surface area (Å²) in [5.41, 5.74) is 4.23. The van der Waals surface area contributed by atoms with Gasteiger partial charge in [-0.25, -0.2) is 0 Å². The van der Waals surface area contributed by atoms with Gasteiger partial charge in [0.2, 0.25) is 0 Å². The number of hydrogen-bond donors (Lipinski definition) is 2. The first-order valence-electron chi connectivity index (χ1n) is 8.47. The third kappa shape index (κ3) is 4.70. The first-order chi connectivity index (χ1) is 13.0. The van der Waals surface area contributed by atoms with Gasteiger partial charge >= 0.3 is 0 Å². The van der Waals surface area contributed by atoms with Gasteiger partial charge in [0.1, 0.15) is 0 Å². The van der Waals surface area contributed by atoms with E-state index < -0.39 is 4.92 Å². The first-order valence-corrected chi connectivity index (χ1v) is 8.47. The lowest BCUT2D eigenvalue weighted by atomic mass is 10.1. The molecular formula is C21H19N3O3. The van der Waals surface area contributed by atoms with Gasteiger partial charge in [0.25, 0.3) is 11.6 Å². The lowest BCUT2D eigenvalue weighted by Crippen LogP contribution is -2.12. The van der Waals surface area contributed by atoms with E-state index in [1.807, 2.05) is 43.3 Å². The molecule has 0 bridgehead atoms. The summed E-state index contributed by atoms with van der Waals surface area (Å²) in [7, 11) is 0. The monoisotopic (exact) mass is 361 g/mol. The minimum Gasteiger partial charge on any atom is -0.381 e. The molecule has 0 heterocycles. The van der Waals surface area contributed by atoms with Crippen molar-refractivity contribution in [2.75, 3.05) is 10.6 Å². The zero-order chi connectivity index (χ0) is 19.2. The van der Waals surface area contributed by atoms with Crippen molar-refractivity contribution >= 4 is 23.0 Å². The predicted molar refractivity (Wildman–Crippen MR) is 106 cm³/mol. The van der Waals surface area contributed by atoms with E-state index in [2.05, 4.69) is 10.6 Å². The smallest absolute Gasteiger partial charge is 0.269 e. The molecule has 27 heavy (non-hydrogen) atoms. The molecule has 0 aliphatic rings. The maximum Gasteiger partial charge on any atom is 0.269 e. The van der Waals surface area contributed by atoms with E-state index in [0.29, 0.717) is 12.1 Å². The summed E-state index contributed by atoms with van der Waals surface area (Å²) in [6, 6.07) is 21.2. The van der Waals surface area contributed by atoms with Crippen LogP contribution in [0.4, 0.5) is 17.1 Å². The number of aryl methyl sites for hydroxylation is 1. The second-order valence-electron chi connectivity index (χ2n) is 6.13. The van der Waals surface area contributed by atoms with Crippen molar-refractivity contribution in [2.45, 2.75) is 13.5 Å². The van der Waals surface area contributed by atoms with Gasteiger partial charge in [0, 0.05) is 35.6 Å². The van der Waals surface area contributed by atoms with Gasteiger partial charge in [0.15, 0.2) is 0 Å². The molecule has 3 aromatic carbocycles. The largest absolute Gasteiger partial charge is 0.381 e. The van der Waals surface area contributed by atoms with Crippen LogP contribution in [0, 0.1) is 17.0 Å². The van der Waals surface area contributed by atoms with Gasteiger partial charge in [-0.2, -0.15) is 0 Å². The van der Waals surface area contributed by atoms with Gasteiger partial charge in [-0.05, 0) is 48.4 Å². The lowest BCUT2D eigenvalue weighted by molar-refractivity contribution is -0.384. The fourth-order valence-corrected chi connectivity index (χ4v) is 2.64. The third-order valence-corrected chi connectivity index (χ3v) is 4.15. The van der Waals surface area contributed by atoms with Crippen LogP contribution in [0.15, 0.2) is 72.8 Å². The van der Waals surface area contributed by atoms with E-state index >= 15 is 0 Å². The van der Waals surface area contributed by atoms with Crippen LogP contribution in [0.3, 0.4) is 0 Å². The number of non-ortho nitro benzene ring substituents is 1. The number of nitro benzene ring substituents is 1. The number of nitro groups is 1.